The third-order valence-corrected chi connectivity index (χ3v) is 3.88. The molecular weight excluding hydrogens is 290 g/mol. The first-order valence-corrected chi connectivity index (χ1v) is 6.93. The number of nitrogens with zero attached hydrogens (tertiary/aromatic N) is 1. The molecule has 0 aliphatic carbocycles. The molecule has 1 saturated heterocycles. The largest absolute Gasteiger partial charge is 0.480 e. The number of carbonyl (C=O) groups excluding carboxylic acids is 1. The van der Waals surface area contributed by atoms with Crippen molar-refractivity contribution in [2.24, 2.45) is 0 Å². The van der Waals surface area contributed by atoms with E-state index in [0.717, 1.165) is 23.1 Å². The lowest BCUT2D eigenvalue weighted by Crippen LogP contribution is -2.46. The number of carboxylic acids is 1. The summed E-state index contributed by atoms with van der Waals surface area (Å²) in [5, 5.41) is 11.4. The number of carbonyl (C=O) groups is 2. The molecule has 0 spiro atoms. The molecule has 0 bridgehead atoms. The van der Waals surface area contributed by atoms with Crippen LogP contribution in [0, 0.1) is 11.6 Å². The zero-order valence-electron chi connectivity index (χ0n) is 10.3. The van der Waals surface area contributed by atoms with Crippen molar-refractivity contribution in [1.82, 2.24) is 10.2 Å². The Kier molecular flexibility index (Phi) is 4.43. The number of thioether (sulfide) groups is 1. The highest BCUT2D eigenvalue weighted by Crippen LogP contribution is 2.21. The second-order valence-electron chi connectivity index (χ2n) is 4.22. The normalized spacial score (nSPS) is 18.1. The Morgan fingerprint density at radius 1 is 1.45 bits per heavy atom. The van der Waals surface area contributed by atoms with Gasteiger partial charge in [0.1, 0.15) is 17.7 Å². The quantitative estimate of drug-likeness (QED) is 0.890. The maximum Gasteiger partial charge on any atom is 0.327 e. The summed E-state index contributed by atoms with van der Waals surface area (Å²) in [6.07, 6.45) is 0. The number of hydrogen-bond donors (Lipinski definition) is 2. The first kappa shape index (κ1) is 14.6. The van der Waals surface area contributed by atoms with Gasteiger partial charge >= 0.3 is 12.0 Å². The monoisotopic (exact) mass is 302 g/mol. The van der Waals surface area contributed by atoms with Crippen LogP contribution in [0.15, 0.2) is 18.2 Å². The van der Waals surface area contributed by atoms with Gasteiger partial charge in [-0.3, -0.25) is 0 Å². The van der Waals surface area contributed by atoms with Crippen LogP contribution in [0.3, 0.4) is 0 Å². The molecule has 5 nitrogen and oxygen atoms in total. The Morgan fingerprint density at radius 3 is 2.90 bits per heavy atom. The summed E-state index contributed by atoms with van der Waals surface area (Å²) < 4.78 is 26.3. The summed E-state index contributed by atoms with van der Waals surface area (Å²) >= 11 is 1.32. The van der Waals surface area contributed by atoms with Gasteiger partial charge in [-0.1, -0.05) is 0 Å². The fourth-order valence-corrected chi connectivity index (χ4v) is 2.94. The van der Waals surface area contributed by atoms with Crippen LogP contribution in [0.4, 0.5) is 13.6 Å². The molecule has 0 saturated carbocycles. The van der Waals surface area contributed by atoms with Crippen LogP contribution in [0.2, 0.25) is 0 Å². The number of hydrogen-bond acceptors (Lipinski definition) is 3. The van der Waals surface area contributed by atoms with Crippen LogP contribution in [0.1, 0.15) is 5.56 Å². The highest BCUT2D eigenvalue weighted by Gasteiger charge is 2.34. The van der Waals surface area contributed by atoms with Crippen LogP contribution in [-0.4, -0.2) is 39.7 Å². The summed E-state index contributed by atoms with van der Waals surface area (Å²) in [6.45, 7) is -0.198. The summed E-state index contributed by atoms with van der Waals surface area (Å²) in [7, 11) is 0. The first-order valence-electron chi connectivity index (χ1n) is 5.78. The van der Waals surface area contributed by atoms with E-state index in [1.54, 1.807) is 0 Å². The van der Waals surface area contributed by atoms with Gasteiger partial charge in [-0.25, -0.2) is 18.4 Å². The van der Waals surface area contributed by atoms with E-state index in [-0.39, 0.29) is 18.0 Å². The fourth-order valence-electron chi connectivity index (χ4n) is 1.80. The van der Waals surface area contributed by atoms with Crippen LogP contribution in [0.25, 0.3) is 0 Å². The Balaban J connectivity index is 1.98. The van der Waals surface area contributed by atoms with E-state index in [1.165, 1.54) is 11.8 Å². The van der Waals surface area contributed by atoms with Crippen molar-refractivity contribution >= 4 is 23.8 Å². The second kappa shape index (κ2) is 6.08. The number of amides is 2. The molecular formula is C12H12F2N2O3S. The zero-order valence-corrected chi connectivity index (χ0v) is 11.1. The lowest BCUT2D eigenvalue weighted by atomic mass is 10.2. The van der Waals surface area contributed by atoms with Crippen molar-refractivity contribution < 1.29 is 23.5 Å². The van der Waals surface area contributed by atoms with Crippen molar-refractivity contribution in [2.75, 3.05) is 11.6 Å². The number of benzene rings is 1. The van der Waals surface area contributed by atoms with Crippen molar-refractivity contribution in [3.63, 3.8) is 0 Å². The number of aliphatic carboxylic acids is 1. The number of rotatable bonds is 3. The Hall–Kier alpha value is -1.83. The molecule has 1 aromatic carbocycles. The smallest absolute Gasteiger partial charge is 0.327 e. The van der Waals surface area contributed by atoms with Gasteiger partial charge in [0.25, 0.3) is 0 Å². The SMILES string of the molecule is O=C(O)[C@@H]1CSCN1C(=O)NCc1cc(F)ccc1F. The summed E-state index contributed by atoms with van der Waals surface area (Å²) in [5.74, 6) is -1.74. The zero-order chi connectivity index (χ0) is 14.7. The molecule has 0 unspecified atom stereocenters. The minimum absolute atomic E-state index is 0.0112. The van der Waals surface area contributed by atoms with Gasteiger partial charge in [-0.15, -0.1) is 11.8 Å². The van der Waals surface area contributed by atoms with Crippen LogP contribution in [-0.2, 0) is 11.3 Å². The molecule has 2 rings (SSSR count). The summed E-state index contributed by atoms with van der Waals surface area (Å²) in [5.41, 5.74) is 0.0112. The summed E-state index contributed by atoms with van der Waals surface area (Å²) in [6, 6.07) is 1.45. The molecule has 1 fully saturated rings. The van der Waals surface area contributed by atoms with Gasteiger partial charge < -0.3 is 15.3 Å². The topological polar surface area (TPSA) is 69.6 Å². The minimum Gasteiger partial charge on any atom is -0.480 e. The van der Waals surface area contributed by atoms with E-state index in [4.69, 9.17) is 5.11 Å². The number of halogens is 2. The van der Waals surface area contributed by atoms with Crippen molar-refractivity contribution in [2.45, 2.75) is 12.6 Å². The molecule has 1 aliphatic rings. The molecule has 0 aromatic heterocycles. The average Bonchev–Trinajstić information content (AvgIpc) is 2.89. The Labute approximate surface area is 117 Å². The molecule has 2 N–H and O–H groups in total. The molecule has 1 aliphatic heterocycles. The third-order valence-electron chi connectivity index (χ3n) is 2.87. The third kappa shape index (κ3) is 3.19. The van der Waals surface area contributed by atoms with Gasteiger partial charge in [-0.2, -0.15) is 0 Å². The maximum absolute atomic E-state index is 13.4. The molecule has 1 atom stereocenters. The number of urea groups is 1. The van der Waals surface area contributed by atoms with Gasteiger partial charge in [0.05, 0.1) is 5.88 Å². The fraction of sp³-hybridized carbons (Fsp3) is 0.333. The predicted octanol–water partition coefficient (Wildman–Crippen LogP) is 1.63. The lowest BCUT2D eigenvalue weighted by molar-refractivity contribution is -0.140. The van der Waals surface area contributed by atoms with Gasteiger partial charge in [-0.05, 0) is 18.2 Å². The van der Waals surface area contributed by atoms with Gasteiger partial charge in [0.15, 0.2) is 0 Å². The van der Waals surface area contributed by atoms with E-state index in [1.807, 2.05) is 0 Å². The van der Waals surface area contributed by atoms with E-state index >= 15 is 0 Å². The summed E-state index contributed by atoms with van der Waals surface area (Å²) in [4.78, 5) is 24.0. The van der Waals surface area contributed by atoms with E-state index in [2.05, 4.69) is 5.32 Å². The second-order valence-corrected chi connectivity index (χ2v) is 5.22. The van der Waals surface area contributed by atoms with Gasteiger partial charge in [0, 0.05) is 17.9 Å². The Morgan fingerprint density at radius 2 is 2.20 bits per heavy atom. The maximum atomic E-state index is 13.4. The van der Waals surface area contributed by atoms with Crippen LogP contribution >= 0.6 is 11.8 Å². The minimum atomic E-state index is -1.08. The highest BCUT2D eigenvalue weighted by molar-refractivity contribution is 7.99. The predicted molar refractivity (Wildman–Crippen MR) is 69.2 cm³/mol. The van der Waals surface area contributed by atoms with Crippen LogP contribution < -0.4 is 5.32 Å². The molecule has 108 valence electrons. The van der Waals surface area contributed by atoms with Crippen molar-refractivity contribution in [3.05, 3.63) is 35.4 Å². The van der Waals surface area contributed by atoms with Crippen molar-refractivity contribution in [1.29, 1.82) is 0 Å². The molecule has 0 radical (unpaired) electrons. The number of nitrogens with one attached hydrogen (secondary N) is 1. The first-order chi connectivity index (χ1) is 9.49. The average molecular weight is 302 g/mol. The molecule has 20 heavy (non-hydrogen) atoms. The molecule has 2 amide bonds. The molecule has 1 heterocycles. The number of carboxylic acid groups (broad SMARTS) is 1. The van der Waals surface area contributed by atoms with Gasteiger partial charge in [0.2, 0.25) is 0 Å². The standard InChI is InChI=1S/C12H12F2N2O3S/c13-8-1-2-9(14)7(3-8)4-15-12(19)16-6-20-5-10(16)11(17)18/h1-3,10H,4-6H2,(H,15,19)(H,17,18)/t10-/m0/s1. The lowest BCUT2D eigenvalue weighted by Gasteiger charge is -2.21. The highest BCUT2D eigenvalue weighted by atomic mass is 32.2. The molecule has 8 heteroatoms. The van der Waals surface area contributed by atoms with E-state index in [9.17, 15) is 18.4 Å². The van der Waals surface area contributed by atoms with Crippen molar-refractivity contribution in [3.8, 4) is 0 Å². The van der Waals surface area contributed by atoms with Crippen LogP contribution in [0.5, 0.6) is 0 Å². The molecule has 1 aromatic rings. The van der Waals surface area contributed by atoms with E-state index < -0.39 is 29.7 Å². The van der Waals surface area contributed by atoms with E-state index in [0.29, 0.717) is 5.75 Å². The Bertz CT molecular complexity index is 541.